The van der Waals surface area contributed by atoms with Crippen molar-refractivity contribution in [2.45, 2.75) is 25.4 Å². The molecule has 7 nitrogen and oxygen atoms in total. The maximum absolute atomic E-state index is 14.2. The molecule has 1 atom stereocenters. The highest BCUT2D eigenvalue weighted by Crippen LogP contribution is 2.47. The van der Waals surface area contributed by atoms with E-state index in [2.05, 4.69) is 10.1 Å². The van der Waals surface area contributed by atoms with E-state index in [0.717, 1.165) is 31.1 Å². The monoisotopic (exact) mass is 412 g/mol. The number of hydrogen-bond donors (Lipinski definition) is 1. The molecule has 0 bridgehead atoms. The number of fused-ring (bicyclic) bond motifs is 1. The van der Waals surface area contributed by atoms with Gasteiger partial charge >= 0.3 is 0 Å². The summed E-state index contributed by atoms with van der Waals surface area (Å²) in [5.41, 5.74) is 7.10. The summed E-state index contributed by atoms with van der Waals surface area (Å²) in [6, 6.07) is 5.69. The molecule has 2 aliphatic rings. The van der Waals surface area contributed by atoms with Gasteiger partial charge < -0.3 is 10.6 Å². The molecule has 2 N–H and O–H groups in total. The van der Waals surface area contributed by atoms with Crippen LogP contribution in [0.3, 0.4) is 0 Å². The van der Waals surface area contributed by atoms with Crippen LogP contribution in [0, 0.1) is 17.0 Å². The molecule has 2 aliphatic heterocycles. The number of nitrogens with two attached hydrogens (primary N) is 1. The van der Waals surface area contributed by atoms with Gasteiger partial charge in [0, 0.05) is 50.1 Å². The standard InChI is InChI=1S/C21H22F2N6O/c1-27-19(30)14(13-3-2-4-15(22)17(13)23)11-25-20(27)28-9-6-21(7-10-28)12-29-16(18(21)24)5-8-26-29/h2-5,8,11,18H,6-7,9-10,12,24H2,1H3/t18-/m1/s1. The highest BCUT2D eigenvalue weighted by atomic mass is 19.2. The smallest absolute Gasteiger partial charge is 0.262 e. The van der Waals surface area contributed by atoms with E-state index in [-0.39, 0.29) is 22.6 Å². The van der Waals surface area contributed by atoms with Crippen molar-refractivity contribution in [1.29, 1.82) is 0 Å². The third-order valence-electron chi connectivity index (χ3n) is 6.62. The summed E-state index contributed by atoms with van der Waals surface area (Å²) in [5, 5.41) is 4.36. The summed E-state index contributed by atoms with van der Waals surface area (Å²) in [5.74, 6) is -1.52. The summed E-state index contributed by atoms with van der Waals surface area (Å²) in [6.07, 6.45) is 4.82. The minimum Gasteiger partial charge on any atom is -0.342 e. The Morgan fingerprint density at radius 2 is 1.93 bits per heavy atom. The number of anilines is 1. The molecule has 0 saturated carbocycles. The van der Waals surface area contributed by atoms with Crippen LogP contribution in [0.5, 0.6) is 0 Å². The van der Waals surface area contributed by atoms with Crippen LogP contribution in [0.1, 0.15) is 24.6 Å². The summed E-state index contributed by atoms with van der Waals surface area (Å²) in [6.45, 7) is 2.20. The van der Waals surface area contributed by atoms with Gasteiger partial charge in [-0.15, -0.1) is 0 Å². The number of benzene rings is 1. The lowest BCUT2D eigenvalue weighted by Crippen LogP contribution is -2.46. The number of rotatable bonds is 2. The Bertz CT molecular complexity index is 1180. The van der Waals surface area contributed by atoms with Crippen molar-refractivity contribution >= 4 is 5.95 Å². The maximum atomic E-state index is 14.2. The highest BCUT2D eigenvalue weighted by molar-refractivity contribution is 5.63. The normalized spacial score (nSPS) is 20.0. The predicted molar refractivity (Wildman–Crippen MR) is 108 cm³/mol. The van der Waals surface area contributed by atoms with Gasteiger partial charge in [-0.25, -0.2) is 13.8 Å². The van der Waals surface area contributed by atoms with Gasteiger partial charge in [0.25, 0.3) is 5.56 Å². The Labute approximate surface area is 171 Å². The van der Waals surface area contributed by atoms with E-state index in [9.17, 15) is 13.6 Å². The SMILES string of the molecule is Cn1c(N2CCC3(CC2)Cn2nccc2[C@H]3N)ncc(-c2cccc(F)c2F)c1=O. The molecule has 1 aromatic carbocycles. The highest BCUT2D eigenvalue weighted by Gasteiger charge is 2.47. The summed E-state index contributed by atoms with van der Waals surface area (Å²) in [7, 11) is 1.60. The van der Waals surface area contributed by atoms with Crippen LogP contribution in [0.4, 0.5) is 14.7 Å². The Kier molecular flexibility index (Phi) is 4.25. The van der Waals surface area contributed by atoms with E-state index in [1.807, 2.05) is 15.6 Å². The molecule has 0 radical (unpaired) electrons. The Morgan fingerprint density at radius 1 is 1.17 bits per heavy atom. The van der Waals surface area contributed by atoms with E-state index in [1.165, 1.54) is 22.9 Å². The molecule has 0 amide bonds. The lowest BCUT2D eigenvalue weighted by atomic mass is 9.74. The first-order valence-corrected chi connectivity index (χ1v) is 9.94. The predicted octanol–water partition coefficient (Wildman–Crippen LogP) is 2.22. The average Bonchev–Trinajstić information content (AvgIpc) is 3.29. The molecule has 0 unspecified atom stereocenters. The van der Waals surface area contributed by atoms with E-state index in [4.69, 9.17) is 5.73 Å². The van der Waals surface area contributed by atoms with Crippen LogP contribution in [-0.2, 0) is 13.6 Å². The van der Waals surface area contributed by atoms with Crippen molar-refractivity contribution in [2.75, 3.05) is 18.0 Å². The summed E-state index contributed by atoms with van der Waals surface area (Å²) < 4.78 is 31.1. The second-order valence-electron chi connectivity index (χ2n) is 8.18. The molecular formula is C21H22F2N6O. The van der Waals surface area contributed by atoms with Crippen molar-refractivity contribution < 1.29 is 8.78 Å². The molecule has 5 rings (SSSR count). The van der Waals surface area contributed by atoms with Crippen molar-refractivity contribution in [3.8, 4) is 11.1 Å². The Hall–Kier alpha value is -3.07. The molecule has 156 valence electrons. The summed E-state index contributed by atoms with van der Waals surface area (Å²) >= 11 is 0. The molecular weight excluding hydrogens is 390 g/mol. The van der Waals surface area contributed by atoms with Gasteiger partial charge in [0.2, 0.25) is 5.95 Å². The first kappa shape index (κ1) is 18.9. The van der Waals surface area contributed by atoms with Crippen LogP contribution in [-0.4, -0.2) is 32.4 Å². The van der Waals surface area contributed by atoms with Crippen molar-refractivity contribution in [1.82, 2.24) is 19.3 Å². The minimum atomic E-state index is -1.04. The number of aromatic nitrogens is 4. The van der Waals surface area contributed by atoms with Gasteiger partial charge in [-0.05, 0) is 25.0 Å². The molecule has 1 saturated heterocycles. The zero-order chi connectivity index (χ0) is 21.0. The molecule has 1 fully saturated rings. The van der Waals surface area contributed by atoms with Gasteiger partial charge in [0.15, 0.2) is 11.6 Å². The number of nitrogens with zero attached hydrogens (tertiary/aromatic N) is 5. The van der Waals surface area contributed by atoms with Gasteiger partial charge in [-0.2, -0.15) is 5.10 Å². The Balaban J connectivity index is 1.40. The topological polar surface area (TPSA) is 82.0 Å². The van der Waals surface area contributed by atoms with Gasteiger partial charge in [0.1, 0.15) is 0 Å². The molecule has 4 heterocycles. The molecule has 30 heavy (non-hydrogen) atoms. The van der Waals surface area contributed by atoms with E-state index >= 15 is 0 Å². The van der Waals surface area contributed by atoms with E-state index in [1.54, 1.807) is 13.2 Å². The van der Waals surface area contributed by atoms with Crippen LogP contribution >= 0.6 is 0 Å². The molecule has 1 spiro atoms. The summed E-state index contributed by atoms with van der Waals surface area (Å²) in [4.78, 5) is 19.4. The van der Waals surface area contributed by atoms with Crippen molar-refractivity contribution in [3.05, 3.63) is 64.3 Å². The molecule has 9 heteroatoms. The molecule has 0 aliphatic carbocycles. The zero-order valence-corrected chi connectivity index (χ0v) is 16.6. The third kappa shape index (κ3) is 2.68. The fourth-order valence-electron chi connectivity index (χ4n) is 4.80. The second kappa shape index (κ2) is 6.73. The fraction of sp³-hybridized carbons (Fsp3) is 0.381. The average molecular weight is 412 g/mol. The third-order valence-corrected chi connectivity index (χ3v) is 6.62. The minimum absolute atomic E-state index is 0.0370. The second-order valence-corrected chi connectivity index (χ2v) is 8.18. The molecule has 3 aromatic rings. The van der Waals surface area contributed by atoms with Gasteiger partial charge in [-0.3, -0.25) is 14.0 Å². The number of piperidine rings is 1. The van der Waals surface area contributed by atoms with Crippen LogP contribution < -0.4 is 16.2 Å². The van der Waals surface area contributed by atoms with Crippen molar-refractivity contribution in [2.24, 2.45) is 18.2 Å². The van der Waals surface area contributed by atoms with Gasteiger partial charge in [0.05, 0.1) is 17.3 Å². The fourth-order valence-corrected chi connectivity index (χ4v) is 4.80. The lowest BCUT2D eigenvalue weighted by Gasteiger charge is -2.42. The van der Waals surface area contributed by atoms with Crippen LogP contribution in [0.15, 0.2) is 41.5 Å². The van der Waals surface area contributed by atoms with Crippen LogP contribution in [0.25, 0.3) is 11.1 Å². The Morgan fingerprint density at radius 3 is 2.67 bits per heavy atom. The number of halogens is 2. The van der Waals surface area contributed by atoms with E-state index < -0.39 is 17.2 Å². The lowest BCUT2D eigenvalue weighted by molar-refractivity contribution is 0.169. The van der Waals surface area contributed by atoms with E-state index in [0.29, 0.717) is 19.0 Å². The van der Waals surface area contributed by atoms with Crippen molar-refractivity contribution in [3.63, 3.8) is 0 Å². The van der Waals surface area contributed by atoms with Crippen LogP contribution in [0.2, 0.25) is 0 Å². The molecule has 2 aromatic heterocycles. The maximum Gasteiger partial charge on any atom is 0.262 e. The number of hydrogen-bond acceptors (Lipinski definition) is 5. The zero-order valence-electron chi connectivity index (χ0n) is 16.6. The first-order valence-electron chi connectivity index (χ1n) is 9.94. The first-order chi connectivity index (χ1) is 14.4. The largest absolute Gasteiger partial charge is 0.342 e. The van der Waals surface area contributed by atoms with Gasteiger partial charge in [-0.1, -0.05) is 12.1 Å². The quantitative estimate of drug-likeness (QED) is 0.698.